The maximum atomic E-state index is 10.3. The molecule has 22 heavy (non-hydrogen) atoms. The van der Waals surface area contributed by atoms with Gasteiger partial charge < -0.3 is 24.3 Å². The second-order valence-corrected chi connectivity index (χ2v) is 6.41. The molecule has 2 N–H and O–H groups in total. The third-order valence-electron chi connectivity index (χ3n) is 4.23. The molecule has 0 spiro atoms. The van der Waals surface area contributed by atoms with Gasteiger partial charge in [-0.05, 0) is 39.9 Å². The molecule has 1 unspecified atom stereocenters. The highest BCUT2D eigenvalue weighted by Gasteiger charge is 2.46. The van der Waals surface area contributed by atoms with Crippen molar-refractivity contribution in [1.29, 1.82) is 0 Å². The first-order valence-electron chi connectivity index (χ1n) is 8.10. The minimum atomic E-state index is -0.716. The Hall–Kier alpha value is -0.435. The van der Waals surface area contributed by atoms with E-state index in [0.717, 1.165) is 25.9 Å². The van der Waals surface area contributed by atoms with Crippen molar-refractivity contribution in [1.82, 2.24) is 4.81 Å². The predicted molar refractivity (Wildman–Crippen MR) is 84.2 cm³/mol. The van der Waals surface area contributed by atoms with E-state index in [-0.39, 0.29) is 12.3 Å². The van der Waals surface area contributed by atoms with Gasteiger partial charge in [0.05, 0.1) is 25.4 Å². The van der Waals surface area contributed by atoms with Crippen molar-refractivity contribution in [2.24, 2.45) is 0 Å². The Morgan fingerprint density at radius 1 is 1.45 bits per heavy atom. The molecule has 0 aromatic carbocycles. The summed E-state index contributed by atoms with van der Waals surface area (Å²) in [4.78, 5) is 1.78. The lowest BCUT2D eigenvalue weighted by Crippen LogP contribution is -2.54. The number of nitrogens with zero attached hydrogens (tertiary/aromatic N) is 1. The average molecular weight is 313 g/mol. The second kappa shape index (κ2) is 7.90. The van der Waals surface area contributed by atoms with E-state index in [1.807, 2.05) is 13.8 Å². The first-order valence-corrected chi connectivity index (χ1v) is 8.10. The number of rotatable bonds is 6. The lowest BCUT2D eigenvalue weighted by Gasteiger charge is -2.35. The summed E-state index contributed by atoms with van der Waals surface area (Å²) >= 11 is 0. The van der Waals surface area contributed by atoms with E-state index in [1.165, 1.54) is 0 Å². The van der Waals surface area contributed by atoms with E-state index in [0.29, 0.717) is 13.2 Å². The van der Waals surface area contributed by atoms with Crippen LogP contribution in [0.2, 0.25) is 6.82 Å². The zero-order valence-corrected chi connectivity index (χ0v) is 13.8. The van der Waals surface area contributed by atoms with Gasteiger partial charge in [0.1, 0.15) is 5.72 Å². The second-order valence-electron chi connectivity index (χ2n) is 6.41. The summed E-state index contributed by atoms with van der Waals surface area (Å²) in [6.07, 6.45) is 5.82. The van der Waals surface area contributed by atoms with Crippen LogP contribution in [0.4, 0.5) is 0 Å². The van der Waals surface area contributed by atoms with Crippen LogP contribution in [0.3, 0.4) is 0 Å². The van der Waals surface area contributed by atoms with Gasteiger partial charge in [-0.1, -0.05) is 12.2 Å². The van der Waals surface area contributed by atoms with Gasteiger partial charge in [-0.25, -0.2) is 0 Å². The number of hydrogen-bond donors (Lipinski definition) is 2. The van der Waals surface area contributed by atoms with Crippen LogP contribution in [0.5, 0.6) is 0 Å². The summed E-state index contributed by atoms with van der Waals surface area (Å²) in [6, 6.07) is -0.266. The molecule has 0 saturated carbocycles. The lowest BCUT2D eigenvalue weighted by atomic mass is 9.80. The summed E-state index contributed by atoms with van der Waals surface area (Å²) in [5, 5.41) is 20.2. The van der Waals surface area contributed by atoms with Gasteiger partial charge in [0, 0.05) is 6.61 Å². The molecule has 2 fully saturated rings. The van der Waals surface area contributed by atoms with E-state index in [4.69, 9.17) is 14.2 Å². The number of aliphatic hydroxyl groups is 1. The highest BCUT2D eigenvalue weighted by molar-refractivity contribution is 6.45. The first kappa shape index (κ1) is 17.9. The van der Waals surface area contributed by atoms with Crippen molar-refractivity contribution in [2.75, 3.05) is 19.8 Å². The third kappa shape index (κ3) is 4.53. The van der Waals surface area contributed by atoms with Crippen molar-refractivity contribution < 1.29 is 24.3 Å². The van der Waals surface area contributed by atoms with Crippen LogP contribution in [0.1, 0.15) is 33.1 Å². The Balaban J connectivity index is 1.80. The van der Waals surface area contributed by atoms with E-state index in [2.05, 4.69) is 0 Å². The summed E-state index contributed by atoms with van der Waals surface area (Å²) in [6.45, 7) is 7.01. The lowest BCUT2D eigenvalue weighted by molar-refractivity contribution is -0.155. The van der Waals surface area contributed by atoms with Gasteiger partial charge >= 0.3 is 7.05 Å². The van der Waals surface area contributed by atoms with Crippen LogP contribution in [-0.4, -0.2) is 66.0 Å². The van der Waals surface area contributed by atoms with Gasteiger partial charge in [-0.15, -0.1) is 0 Å². The highest BCUT2D eigenvalue weighted by Crippen LogP contribution is 2.29. The molecule has 2 saturated heterocycles. The van der Waals surface area contributed by atoms with Crippen LogP contribution in [-0.2, 0) is 14.2 Å². The Morgan fingerprint density at radius 3 is 2.86 bits per heavy atom. The Labute approximate surface area is 133 Å². The van der Waals surface area contributed by atoms with Crippen LogP contribution in [0.25, 0.3) is 0 Å². The molecule has 126 valence electrons. The minimum absolute atomic E-state index is 0.127. The Kier molecular flexibility index (Phi) is 6.43. The van der Waals surface area contributed by atoms with Gasteiger partial charge in [0.25, 0.3) is 0 Å². The van der Waals surface area contributed by atoms with E-state index >= 15 is 0 Å². The fourth-order valence-electron chi connectivity index (χ4n) is 3.16. The molecule has 0 radical (unpaired) electrons. The zero-order valence-electron chi connectivity index (χ0n) is 13.8. The van der Waals surface area contributed by atoms with Crippen molar-refractivity contribution in [3.05, 3.63) is 12.2 Å². The number of aliphatic hydroxyl groups excluding tert-OH is 1. The molecule has 2 aliphatic rings. The maximum Gasteiger partial charge on any atom is 0.379 e. The van der Waals surface area contributed by atoms with Crippen LogP contribution < -0.4 is 0 Å². The van der Waals surface area contributed by atoms with Gasteiger partial charge in [0.15, 0.2) is 6.29 Å². The van der Waals surface area contributed by atoms with Crippen molar-refractivity contribution in [3.8, 4) is 0 Å². The molecule has 7 heteroatoms. The fraction of sp³-hybridized carbons (Fsp3) is 0.867. The molecule has 0 aromatic rings. The molecule has 3 atom stereocenters. The zero-order chi connectivity index (χ0) is 16.2. The minimum Gasteiger partial charge on any atom is -0.437 e. The van der Waals surface area contributed by atoms with E-state index < -0.39 is 18.9 Å². The summed E-state index contributed by atoms with van der Waals surface area (Å²) in [5.41, 5.74) is -0.583. The SMILES string of the molecule is CB(O)N1[C@@H]([C@@H](O)C=CCOC2CCCCO2)COC1(C)C. The maximum absolute atomic E-state index is 10.3. The fourth-order valence-corrected chi connectivity index (χ4v) is 3.16. The average Bonchev–Trinajstić information content (AvgIpc) is 2.80. The smallest absolute Gasteiger partial charge is 0.379 e. The summed E-state index contributed by atoms with van der Waals surface area (Å²) in [5.74, 6) is 0. The van der Waals surface area contributed by atoms with Crippen LogP contribution in [0.15, 0.2) is 12.2 Å². The highest BCUT2D eigenvalue weighted by atomic mass is 16.7. The number of ether oxygens (including phenoxy) is 3. The summed E-state index contributed by atoms with van der Waals surface area (Å²) < 4.78 is 16.7. The molecule has 0 aromatic heterocycles. The Bertz CT molecular complexity index is 371. The summed E-state index contributed by atoms with van der Waals surface area (Å²) in [7, 11) is -0.683. The van der Waals surface area contributed by atoms with Crippen LogP contribution in [0, 0.1) is 0 Å². The standard InChI is InChI=1S/C15H28BNO5/c1-15(2)17(16(3)19)12(11-22-15)13(18)7-6-10-21-14-8-4-5-9-20-14/h6-7,12-14,18-19H,4-5,8-11H2,1-3H3/t12-,13+,14?/m1/s1. The molecule has 2 heterocycles. The van der Waals surface area contributed by atoms with E-state index in [9.17, 15) is 10.1 Å². The van der Waals surface area contributed by atoms with Crippen molar-refractivity contribution >= 4 is 7.05 Å². The topological polar surface area (TPSA) is 71.4 Å². The number of hydrogen-bond acceptors (Lipinski definition) is 6. The Morgan fingerprint density at radius 2 is 2.23 bits per heavy atom. The monoisotopic (exact) mass is 313 g/mol. The van der Waals surface area contributed by atoms with E-state index in [1.54, 1.807) is 23.8 Å². The largest absolute Gasteiger partial charge is 0.437 e. The molecule has 2 rings (SSSR count). The molecular weight excluding hydrogens is 285 g/mol. The molecule has 6 nitrogen and oxygen atoms in total. The normalized spacial score (nSPS) is 30.8. The molecule has 0 aliphatic carbocycles. The molecule has 0 amide bonds. The third-order valence-corrected chi connectivity index (χ3v) is 4.23. The van der Waals surface area contributed by atoms with Crippen molar-refractivity contribution in [3.63, 3.8) is 0 Å². The quantitative estimate of drug-likeness (QED) is 0.563. The van der Waals surface area contributed by atoms with Gasteiger partial charge in [-0.2, -0.15) is 0 Å². The molecular formula is C15H28BNO5. The molecule has 2 aliphatic heterocycles. The molecule has 0 bridgehead atoms. The predicted octanol–water partition coefficient (Wildman–Crippen LogP) is 0.994. The first-order chi connectivity index (χ1) is 10.4. The van der Waals surface area contributed by atoms with Gasteiger partial charge in [0.2, 0.25) is 0 Å². The van der Waals surface area contributed by atoms with Crippen LogP contribution >= 0.6 is 0 Å². The van der Waals surface area contributed by atoms with Crippen molar-refractivity contribution in [2.45, 2.75) is 64.1 Å². The van der Waals surface area contributed by atoms with Gasteiger partial charge in [-0.3, -0.25) is 4.81 Å².